The van der Waals surface area contributed by atoms with Crippen LogP contribution >= 0.6 is 0 Å². The van der Waals surface area contributed by atoms with Crippen LogP contribution < -0.4 is 15.0 Å². The zero-order valence-electron chi connectivity index (χ0n) is 24.4. The van der Waals surface area contributed by atoms with Crippen LogP contribution in [0.15, 0.2) is 84.9 Å². The van der Waals surface area contributed by atoms with E-state index in [0.29, 0.717) is 34.8 Å². The van der Waals surface area contributed by atoms with Crippen LogP contribution in [0.4, 0.5) is 11.4 Å². The molecule has 9 nitrogen and oxygen atoms in total. The van der Waals surface area contributed by atoms with Gasteiger partial charge >= 0.3 is 0 Å². The molecule has 0 bridgehead atoms. The van der Waals surface area contributed by atoms with Gasteiger partial charge in [0.25, 0.3) is 11.8 Å². The number of anilines is 2. The zero-order chi connectivity index (χ0) is 30.6. The third-order valence-corrected chi connectivity index (χ3v) is 8.35. The quantitative estimate of drug-likeness (QED) is 0.307. The molecular formula is C34H37N3O6. The van der Waals surface area contributed by atoms with Gasteiger partial charge in [-0.3, -0.25) is 14.4 Å². The Hall–Kier alpha value is -4.47. The number of carbonyl (C=O) groups excluding carboxylic acids is 3. The Bertz CT molecular complexity index is 1510. The van der Waals surface area contributed by atoms with Crippen LogP contribution in [0, 0.1) is 5.92 Å². The summed E-state index contributed by atoms with van der Waals surface area (Å²) in [5.41, 5.74) is 1.14. The standard InChI is InChI=1S/C34H37N3O6/c1-23(8-6-12-31(39)36-19-7-11-27(36)22-38)34(42)29-20-28(43-2)17-18-30(29)37(33(34)41)21-24-13-15-26(16-14-24)35-32(40)25-9-4-3-5-10-25/h3-6,8-10,13-18,20,23,27,38,42H,7,11-12,19,21-22H2,1-2H3,(H,35,40)/b8-6+/t23-,27+,34+/m1/s1. The van der Waals surface area contributed by atoms with Gasteiger partial charge in [-0.15, -0.1) is 0 Å². The molecule has 3 aromatic carbocycles. The number of nitrogens with zero attached hydrogens (tertiary/aromatic N) is 2. The molecule has 0 unspecified atom stereocenters. The van der Waals surface area contributed by atoms with Crippen LogP contribution in [0.2, 0.25) is 0 Å². The van der Waals surface area contributed by atoms with Crippen molar-refractivity contribution in [3.8, 4) is 5.75 Å². The van der Waals surface area contributed by atoms with Gasteiger partial charge in [-0.1, -0.05) is 49.4 Å². The summed E-state index contributed by atoms with van der Waals surface area (Å²) in [6.45, 7) is 2.53. The summed E-state index contributed by atoms with van der Waals surface area (Å²) >= 11 is 0. The maximum atomic E-state index is 13.9. The number of aliphatic hydroxyl groups excluding tert-OH is 1. The van der Waals surface area contributed by atoms with E-state index in [0.717, 1.165) is 18.4 Å². The van der Waals surface area contributed by atoms with E-state index >= 15 is 0 Å². The smallest absolute Gasteiger partial charge is 0.264 e. The molecule has 0 radical (unpaired) electrons. The average molecular weight is 584 g/mol. The summed E-state index contributed by atoms with van der Waals surface area (Å²) in [6, 6.07) is 21.2. The van der Waals surface area contributed by atoms with Crippen molar-refractivity contribution in [2.75, 3.05) is 30.5 Å². The van der Waals surface area contributed by atoms with Gasteiger partial charge in [0.05, 0.1) is 32.0 Å². The van der Waals surface area contributed by atoms with E-state index in [1.54, 1.807) is 83.5 Å². The predicted octanol–water partition coefficient (Wildman–Crippen LogP) is 4.25. The van der Waals surface area contributed by atoms with Gasteiger partial charge in [-0.25, -0.2) is 0 Å². The molecule has 1 saturated heterocycles. The van der Waals surface area contributed by atoms with Crippen LogP contribution in [0.1, 0.15) is 47.7 Å². The van der Waals surface area contributed by atoms with Crippen LogP contribution in [-0.2, 0) is 21.7 Å². The first-order valence-corrected chi connectivity index (χ1v) is 14.5. The number of nitrogens with one attached hydrogen (secondary N) is 1. The van der Waals surface area contributed by atoms with E-state index in [1.165, 1.54) is 7.11 Å². The van der Waals surface area contributed by atoms with Gasteiger partial charge in [-0.2, -0.15) is 0 Å². The molecule has 9 heteroatoms. The lowest BCUT2D eigenvalue weighted by molar-refractivity contribution is -0.139. The highest BCUT2D eigenvalue weighted by atomic mass is 16.5. The number of methoxy groups -OCH3 is 1. The minimum atomic E-state index is -1.87. The van der Waals surface area contributed by atoms with E-state index < -0.39 is 17.4 Å². The van der Waals surface area contributed by atoms with Gasteiger partial charge in [0.1, 0.15) is 5.75 Å². The van der Waals surface area contributed by atoms with Crippen molar-refractivity contribution in [3.63, 3.8) is 0 Å². The molecule has 0 aliphatic carbocycles. The van der Waals surface area contributed by atoms with E-state index in [-0.39, 0.29) is 37.4 Å². The number of aliphatic hydroxyl groups is 2. The Labute approximate surface area is 251 Å². The molecule has 5 rings (SSSR count). The van der Waals surface area contributed by atoms with E-state index in [4.69, 9.17) is 4.74 Å². The molecule has 2 aliphatic rings. The molecule has 224 valence electrons. The lowest BCUT2D eigenvalue weighted by atomic mass is 9.83. The summed E-state index contributed by atoms with van der Waals surface area (Å²) < 4.78 is 5.40. The molecule has 3 aromatic rings. The molecule has 43 heavy (non-hydrogen) atoms. The fourth-order valence-electron chi connectivity index (χ4n) is 5.86. The molecule has 2 heterocycles. The second-order valence-corrected chi connectivity index (χ2v) is 11.0. The molecule has 2 aliphatic heterocycles. The number of fused-ring (bicyclic) bond motifs is 1. The Morgan fingerprint density at radius 1 is 1.12 bits per heavy atom. The summed E-state index contributed by atoms with van der Waals surface area (Å²) in [4.78, 5) is 42.4. The fourth-order valence-corrected chi connectivity index (χ4v) is 5.86. The number of ether oxygens (including phenoxy) is 1. The Kier molecular flexibility index (Phi) is 8.94. The maximum absolute atomic E-state index is 13.9. The molecule has 3 N–H and O–H groups in total. The Morgan fingerprint density at radius 3 is 2.56 bits per heavy atom. The van der Waals surface area contributed by atoms with Crippen molar-refractivity contribution < 1.29 is 29.3 Å². The minimum Gasteiger partial charge on any atom is -0.497 e. The summed E-state index contributed by atoms with van der Waals surface area (Å²) in [5.74, 6) is -0.905. The monoisotopic (exact) mass is 583 g/mol. The minimum absolute atomic E-state index is 0.0559. The van der Waals surface area contributed by atoms with Gasteiger partial charge in [0, 0.05) is 35.7 Å². The molecule has 3 atom stereocenters. The SMILES string of the molecule is COc1ccc2c(c1)[C@@](O)([C@H](C)/C=C/CC(=O)N1CCC[C@H]1CO)C(=O)N2Cc1ccc(NC(=O)c2ccccc2)cc1. The fraction of sp³-hybridized carbons (Fsp3) is 0.324. The van der Waals surface area contributed by atoms with Crippen LogP contribution in [-0.4, -0.2) is 59.1 Å². The molecule has 1 fully saturated rings. The first-order chi connectivity index (χ1) is 20.8. The van der Waals surface area contributed by atoms with Crippen molar-refractivity contribution >= 4 is 29.1 Å². The van der Waals surface area contributed by atoms with Gasteiger partial charge < -0.3 is 30.1 Å². The topological polar surface area (TPSA) is 119 Å². The number of hydrogen-bond acceptors (Lipinski definition) is 6. The zero-order valence-corrected chi connectivity index (χ0v) is 24.4. The second kappa shape index (κ2) is 12.8. The lowest BCUT2D eigenvalue weighted by Crippen LogP contribution is -2.44. The molecule has 0 saturated carbocycles. The Balaban J connectivity index is 1.32. The maximum Gasteiger partial charge on any atom is 0.264 e. The largest absolute Gasteiger partial charge is 0.497 e. The number of benzene rings is 3. The highest BCUT2D eigenvalue weighted by molar-refractivity contribution is 6.07. The van der Waals surface area contributed by atoms with E-state index in [1.807, 2.05) is 18.2 Å². The molecule has 0 aromatic heterocycles. The van der Waals surface area contributed by atoms with E-state index in [9.17, 15) is 24.6 Å². The summed E-state index contributed by atoms with van der Waals surface area (Å²) in [5, 5.41) is 24.4. The van der Waals surface area contributed by atoms with Crippen molar-refractivity contribution in [1.82, 2.24) is 4.90 Å². The number of likely N-dealkylation sites (tertiary alicyclic amines) is 1. The summed E-state index contributed by atoms with van der Waals surface area (Å²) in [6.07, 6.45) is 5.17. The normalized spacial score (nSPS) is 20.4. The highest BCUT2D eigenvalue weighted by Crippen LogP contribution is 2.47. The van der Waals surface area contributed by atoms with Crippen LogP contribution in [0.5, 0.6) is 5.75 Å². The number of rotatable bonds is 10. The lowest BCUT2D eigenvalue weighted by Gasteiger charge is -2.28. The van der Waals surface area contributed by atoms with Crippen molar-refractivity contribution in [2.45, 2.75) is 44.4 Å². The van der Waals surface area contributed by atoms with Crippen molar-refractivity contribution in [2.24, 2.45) is 5.92 Å². The van der Waals surface area contributed by atoms with Gasteiger partial charge in [0.2, 0.25) is 5.91 Å². The first kappa shape index (κ1) is 30.0. The highest BCUT2D eigenvalue weighted by Gasteiger charge is 2.52. The third kappa shape index (κ3) is 6.04. The summed E-state index contributed by atoms with van der Waals surface area (Å²) in [7, 11) is 1.53. The van der Waals surface area contributed by atoms with Crippen molar-refractivity contribution in [1.29, 1.82) is 0 Å². The van der Waals surface area contributed by atoms with Crippen molar-refractivity contribution in [3.05, 3.63) is 102 Å². The molecule has 3 amide bonds. The van der Waals surface area contributed by atoms with Gasteiger partial charge in [-0.05, 0) is 60.9 Å². The molecular weight excluding hydrogens is 546 g/mol. The van der Waals surface area contributed by atoms with Crippen LogP contribution in [0.3, 0.4) is 0 Å². The van der Waals surface area contributed by atoms with Crippen LogP contribution in [0.25, 0.3) is 0 Å². The first-order valence-electron chi connectivity index (χ1n) is 14.5. The average Bonchev–Trinajstić information content (AvgIpc) is 3.60. The second-order valence-electron chi connectivity index (χ2n) is 11.0. The molecule has 0 spiro atoms. The number of hydrogen-bond donors (Lipinski definition) is 3. The number of carbonyl (C=O) groups is 3. The van der Waals surface area contributed by atoms with Gasteiger partial charge in [0.15, 0.2) is 5.60 Å². The predicted molar refractivity (Wildman–Crippen MR) is 164 cm³/mol. The third-order valence-electron chi connectivity index (χ3n) is 8.35. The van der Waals surface area contributed by atoms with E-state index in [2.05, 4.69) is 5.32 Å². The number of amides is 3. The Morgan fingerprint density at radius 2 is 1.86 bits per heavy atom.